The molecule has 1 aliphatic rings. The lowest BCUT2D eigenvalue weighted by Crippen LogP contribution is -2.51. The van der Waals surface area contributed by atoms with Gasteiger partial charge in [-0.3, -0.25) is 10.0 Å². The van der Waals surface area contributed by atoms with E-state index >= 15 is 0 Å². The summed E-state index contributed by atoms with van der Waals surface area (Å²) < 4.78 is 32.1. The maximum atomic E-state index is 13.1. The molecule has 1 aromatic heterocycles. The van der Waals surface area contributed by atoms with E-state index < -0.39 is 27.9 Å². The largest absolute Gasteiger partial charge is 0.497 e. The van der Waals surface area contributed by atoms with Crippen molar-refractivity contribution in [2.24, 2.45) is 0 Å². The van der Waals surface area contributed by atoms with Crippen LogP contribution in [0.4, 0.5) is 0 Å². The zero-order chi connectivity index (χ0) is 19.8. The number of hydrogen-bond acceptors (Lipinski definition) is 7. The number of ether oxygens (including phenoxy) is 1. The van der Waals surface area contributed by atoms with E-state index in [1.54, 1.807) is 0 Å². The second-order valence-corrected chi connectivity index (χ2v) is 8.81. The highest BCUT2D eigenvalue weighted by Gasteiger charge is 2.40. The minimum atomic E-state index is -4.08. The Bertz CT molecular complexity index is 983. The smallest absolute Gasteiger partial charge is 0.345 e. The third kappa shape index (κ3) is 3.54. The van der Waals surface area contributed by atoms with Crippen LogP contribution in [0.25, 0.3) is 0 Å². The molecule has 3 rings (SSSR count). The zero-order valence-electron chi connectivity index (χ0n) is 14.1. The molecule has 1 atom stereocenters. The molecular weight excluding hydrogens is 396 g/mol. The highest BCUT2D eigenvalue weighted by molar-refractivity contribution is 7.89. The average molecular weight is 412 g/mol. The Hall–Kier alpha value is -2.47. The van der Waals surface area contributed by atoms with Gasteiger partial charge in [0.15, 0.2) is 0 Å². The highest BCUT2D eigenvalue weighted by atomic mass is 32.2. The van der Waals surface area contributed by atoms with Crippen LogP contribution in [0.15, 0.2) is 35.2 Å². The number of fused-ring (bicyclic) bond motifs is 1. The van der Waals surface area contributed by atoms with Crippen LogP contribution in [-0.2, 0) is 27.8 Å². The maximum Gasteiger partial charge on any atom is 0.345 e. The Morgan fingerprint density at radius 3 is 2.52 bits per heavy atom. The first-order valence-electron chi connectivity index (χ1n) is 7.72. The topological polar surface area (TPSA) is 133 Å². The number of carbonyl (C=O) groups excluding carboxylic acids is 1. The van der Waals surface area contributed by atoms with E-state index in [0.29, 0.717) is 16.2 Å². The quantitative estimate of drug-likeness (QED) is 0.494. The number of sulfonamides is 1. The normalized spacial score (nSPS) is 17.2. The van der Waals surface area contributed by atoms with Crippen LogP contribution < -0.4 is 10.2 Å². The molecule has 0 radical (unpaired) electrons. The summed E-state index contributed by atoms with van der Waals surface area (Å²) >= 11 is 0.989. The molecule has 2 heterocycles. The molecule has 0 saturated carbocycles. The van der Waals surface area contributed by atoms with Crippen molar-refractivity contribution in [2.75, 3.05) is 7.11 Å². The molecule has 9 nitrogen and oxygen atoms in total. The summed E-state index contributed by atoms with van der Waals surface area (Å²) in [5.74, 6) is -1.53. The predicted octanol–water partition coefficient (Wildman–Crippen LogP) is 1.08. The fourth-order valence-corrected chi connectivity index (χ4v) is 5.48. The van der Waals surface area contributed by atoms with Gasteiger partial charge in [0, 0.05) is 17.8 Å². The zero-order valence-corrected chi connectivity index (χ0v) is 15.7. The first-order valence-corrected chi connectivity index (χ1v) is 9.98. The second kappa shape index (κ2) is 7.27. The molecule has 0 spiro atoms. The van der Waals surface area contributed by atoms with Crippen molar-refractivity contribution in [1.29, 1.82) is 0 Å². The molecule has 11 heteroatoms. The number of thiophene rings is 1. The summed E-state index contributed by atoms with van der Waals surface area (Å²) in [6.45, 7) is -0.175. The van der Waals surface area contributed by atoms with E-state index in [2.05, 4.69) is 0 Å². The van der Waals surface area contributed by atoms with Gasteiger partial charge in [-0.25, -0.2) is 18.7 Å². The van der Waals surface area contributed by atoms with Crippen molar-refractivity contribution >= 4 is 33.2 Å². The van der Waals surface area contributed by atoms with Crippen molar-refractivity contribution in [3.8, 4) is 5.75 Å². The van der Waals surface area contributed by atoms with Gasteiger partial charge in [-0.15, -0.1) is 11.3 Å². The minimum absolute atomic E-state index is 0.0327. The van der Waals surface area contributed by atoms with E-state index in [1.165, 1.54) is 42.9 Å². The van der Waals surface area contributed by atoms with Crippen molar-refractivity contribution in [3.05, 3.63) is 45.6 Å². The summed E-state index contributed by atoms with van der Waals surface area (Å²) in [6.07, 6.45) is -0.0327. The molecule has 0 fully saturated rings. The lowest BCUT2D eigenvalue weighted by Gasteiger charge is -2.33. The van der Waals surface area contributed by atoms with Gasteiger partial charge in [0.05, 0.1) is 12.0 Å². The molecule has 1 unspecified atom stereocenters. The number of rotatable bonds is 5. The molecular formula is C16H16N2O7S2. The standard InChI is InChI=1S/C16H16N2O7S2/c1-25-10-2-4-11(5-3-10)27(23,24)18-8-9-6-14(16(20)21)26-13(9)7-12(18)15(19)17-22/h2-6,12,22H,7-8H2,1H3,(H,17,19)(H,20,21). The molecule has 0 aliphatic carbocycles. The van der Waals surface area contributed by atoms with E-state index in [-0.39, 0.29) is 22.7 Å². The molecule has 1 aliphatic heterocycles. The number of carbonyl (C=O) groups is 2. The molecule has 0 saturated heterocycles. The highest BCUT2D eigenvalue weighted by Crippen LogP contribution is 2.34. The number of hydrogen-bond donors (Lipinski definition) is 3. The molecule has 1 aromatic carbocycles. The fraction of sp³-hybridized carbons (Fsp3) is 0.250. The van der Waals surface area contributed by atoms with Gasteiger partial charge in [-0.1, -0.05) is 0 Å². The Kier molecular flexibility index (Phi) is 5.20. The third-order valence-corrected chi connectivity index (χ3v) is 7.30. The van der Waals surface area contributed by atoms with Gasteiger partial charge in [0.1, 0.15) is 16.7 Å². The third-order valence-electron chi connectivity index (χ3n) is 4.24. The van der Waals surface area contributed by atoms with Crippen molar-refractivity contribution in [2.45, 2.75) is 23.9 Å². The lowest BCUT2D eigenvalue weighted by molar-refractivity contribution is -0.133. The average Bonchev–Trinajstić information content (AvgIpc) is 3.10. The first kappa shape index (κ1) is 19.3. The van der Waals surface area contributed by atoms with Gasteiger partial charge >= 0.3 is 5.97 Å². The number of benzene rings is 1. The monoisotopic (exact) mass is 412 g/mol. The van der Waals surface area contributed by atoms with Crippen LogP contribution in [0.3, 0.4) is 0 Å². The number of carboxylic acid groups (broad SMARTS) is 1. The number of carboxylic acids is 1. The van der Waals surface area contributed by atoms with Crippen LogP contribution in [0.1, 0.15) is 20.1 Å². The Morgan fingerprint density at radius 1 is 1.30 bits per heavy atom. The summed E-state index contributed by atoms with van der Waals surface area (Å²) in [6, 6.07) is 5.88. The molecule has 2 aromatic rings. The van der Waals surface area contributed by atoms with E-state index in [1.807, 2.05) is 0 Å². The van der Waals surface area contributed by atoms with E-state index in [4.69, 9.17) is 15.1 Å². The molecule has 0 bridgehead atoms. The van der Waals surface area contributed by atoms with Crippen molar-refractivity contribution < 1.29 is 33.1 Å². The summed E-state index contributed by atoms with van der Waals surface area (Å²) in [4.78, 5) is 23.9. The fourth-order valence-electron chi connectivity index (χ4n) is 2.87. The van der Waals surface area contributed by atoms with Gasteiger partial charge in [0.25, 0.3) is 5.91 Å². The first-order chi connectivity index (χ1) is 12.8. The Labute approximate surface area is 158 Å². The van der Waals surface area contributed by atoms with Gasteiger partial charge in [-0.2, -0.15) is 4.31 Å². The van der Waals surface area contributed by atoms with Crippen LogP contribution in [0, 0.1) is 0 Å². The minimum Gasteiger partial charge on any atom is -0.497 e. The van der Waals surface area contributed by atoms with Crippen LogP contribution in [0.5, 0.6) is 5.75 Å². The number of amides is 1. The lowest BCUT2D eigenvalue weighted by atomic mass is 10.0. The number of aromatic carboxylic acids is 1. The van der Waals surface area contributed by atoms with E-state index in [0.717, 1.165) is 15.6 Å². The second-order valence-electron chi connectivity index (χ2n) is 5.79. The number of methoxy groups -OCH3 is 1. The van der Waals surface area contributed by atoms with Gasteiger partial charge in [-0.05, 0) is 35.9 Å². The van der Waals surface area contributed by atoms with E-state index in [9.17, 15) is 18.0 Å². The molecule has 3 N–H and O–H groups in total. The molecule has 27 heavy (non-hydrogen) atoms. The van der Waals surface area contributed by atoms with Crippen molar-refractivity contribution in [1.82, 2.24) is 9.79 Å². The molecule has 1 amide bonds. The number of nitrogens with zero attached hydrogens (tertiary/aromatic N) is 1. The maximum absolute atomic E-state index is 13.1. The summed E-state index contributed by atoms with van der Waals surface area (Å²) in [7, 11) is -2.63. The SMILES string of the molecule is COc1ccc(S(=O)(=O)N2Cc3cc(C(=O)O)sc3CC2C(=O)NO)cc1. The van der Waals surface area contributed by atoms with Crippen LogP contribution in [-0.4, -0.2) is 48.1 Å². The summed E-state index contributed by atoms with van der Waals surface area (Å²) in [5.41, 5.74) is 2.01. The Morgan fingerprint density at radius 2 is 1.96 bits per heavy atom. The van der Waals surface area contributed by atoms with Crippen molar-refractivity contribution in [3.63, 3.8) is 0 Å². The van der Waals surface area contributed by atoms with Gasteiger partial charge in [0.2, 0.25) is 10.0 Å². The number of hydroxylamine groups is 1. The number of nitrogens with one attached hydrogen (secondary N) is 1. The van der Waals surface area contributed by atoms with Crippen LogP contribution in [0.2, 0.25) is 0 Å². The van der Waals surface area contributed by atoms with Crippen LogP contribution >= 0.6 is 11.3 Å². The predicted molar refractivity (Wildman–Crippen MR) is 94.4 cm³/mol. The van der Waals surface area contributed by atoms with Gasteiger partial charge < -0.3 is 9.84 Å². The molecule has 144 valence electrons. The Balaban J connectivity index is 2.03. The summed E-state index contributed by atoms with van der Waals surface area (Å²) in [5, 5.41) is 18.2.